The lowest BCUT2D eigenvalue weighted by atomic mass is 10.0. The predicted octanol–water partition coefficient (Wildman–Crippen LogP) is 5.10. The van der Waals surface area contributed by atoms with Crippen molar-refractivity contribution in [1.29, 1.82) is 0 Å². The van der Waals surface area contributed by atoms with Crippen molar-refractivity contribution in [2.24, 2.45) is 0 Å². The summed E-state index contributed by atoms with van der Waals surface area (Å²) in [5.74, 6) is 0.123. The van der Waals surface area contributed by atoms with Crippen LogP contribution in [0.15, 0.2) is 48.5 Å². The smallest absolute Gasteiger partial charge is 0.418 e. The SMILES string of the molecule is CCOC(=O)CN(C)C(=S)c1cc(-c2ccc(OC)cc2)nc2c(C(F)(F)F)cccc12. The van der Waals surface area contributed by atoms with Crippen LogP contribution in [0.2, 0.25) is 0 Å². The summed E-state index contributed by atoms with van der Waals surface area (Å²) in [6.07, 6.45) is -4.60. The minimum absolute atomic E-state index is 0.132. The highest BCUT2D eigenvalue weighted by molar-refractivity contribution is 7.80. The summed E-state index contributed by atoms with van der Waals surface area (Å²) in [6, 6.07) is 12.3. The molecule has 0 saturated carbocycles. The summed E-state index contributed by atoms with van der Waals surface area (Å²) in [5, 5.41) is 0.248. The highest BCUT2D eigenvalue weighted by atomic mass is 32.1. The number of carbonyl (C=O) groups is 1. The highest BCUT2D eigenvalue weighted by Crippen LogP contribution is 2.36. The van der Waals surface area contributed by atoms with Gasteiger partial charge >= 0.3 is 12.1 Å². The summed E-state index contributed by atoms with van der Waals surface area (Å²) < 4.78 is 51.3. The Morgan fingerprint density at radius 1 is 1.16 bits per heavy atom. The largest absolute Gasteiger partial charge is 0.497 e. The van der Waals surface area contributed by atoms with Gasteiger partial charge in [0.2, 0.25) is 0 Å². The Morgan fingerprint density at radius 2 is 1.84 bits per heavy atom. The Balaban J connectivity index is 2.19. The summed E-state index contributed by atoms with van der Waals surface area (Å²) in [7, 11) is 3.11. The predicted molar refractivity (Wildman–Crippen MR) is 120 cm³/mol. The van der Waals surface area contributed by atoms with Gasteiger partial charge in [-0.3, -0.25) is 4.79 Å². The first-order valence-corrected chi connectivity index (χ1v) is 10.1. The van der Waals surface area contributed by atoms with E-state index < -0.39 is 17.7 Å². The van der Waals surface area contributed by atoms with Crippen molar-refractivity contribution in [3.63, 3.8) is 0 Å². The number of esters is 1. The molecule has 0 aliphatic rings. The third-order valence-electron chi connectivity index (χ3n) is 4.78. The van der Waals surface area contributed by atoms with Crippen molar-refractivity contribution < 1.29 is 27.4 Å². The van der Waals surface area contributed by atoms with E-state index in [1.54, 1.807) is 44.3 Å². The maximum absolute atomic E-state index is 13.7. The summed E-state index contributed by atoms with van der Waals surface area (Å²) in [5.41, 5.74) is 0.215. The molecule has 0 spiro atoms. The fourth-order valence-corrected chi connectivity index (χ4v) is 3.47. The van der Waals surface area contributed by atoms with E-state index in [2.05, 4.69) is 4.98 Å². The van der Waals surface area contributed by atoms with Crippen LogP contribution in [-0.4, -0.2) is 48.2 Å². The Hall–Kier alpha value is -3.20. The first-order valence-electron chi connectivity index (χ1n) is 9.72. The molecule has 2 aromatic carbocycles. The van der Waals surface area contributed by atoms with Crippen LogP contribution < -0.4 is 4.74 Å². The van der Waals surface area contributed by atoms with E-state index in [0.29, 0.717) is 22.6 Å². The number of thiocarbonyl (C=S) groups is 1. The monoisotopic (exact) mass is 462 g/mol. The number of alkyl halides is 3. The van der Waals surface area contributed by atoms with E-state index in [4.69, 9.17) is 21.7 Å². The Kier molecular flexibility index (Phi) is 6.98. The molecule has 0 bridgehead atoms. The molecule has 0 aliphatic carbocycles. The number of aromatic nitrogens is 1. The number of benzene rings is 2. The topological polar surface area (TPSA) is 51.7 Å². The number of likely N-dealkylation sites (N-methyl/N-ethyl adjacent to an activating group) is 1. The summed E-state index contributed by atoms with van der Waals surface area (Å²) in [4.78, 5) is 17.9. The minimum Gasteiger partial charge on any atom is -0.497 e. The van der Waals surface area contributed by atoms with Gasteiger partial charge < -0.3 is 14.4 Å². The molecule has 0 amide bonds. The van der Waals surface area contributed by atoms with Crippen molar-refractivity contribution in [1.82, 2.24) is 9.88 Å². The average molecular weight is 462 g/mol. The van der Waals surface area contributed by atoms with E-state index in [1.165, 1.54) is 24.1 Å². The molecule has 0 saturated heterocycles. The van der Waals surface area contributed by atoms with Gasteiger partial charge in [-0.1, -0.05) is 24.4 Å². The van der Waals surface area contributed by atoms with E-state index in [0.717, 1.165) is 6.07 Å². The number of carbonyl (C=O) groups excluding carboxylic acids is 1. The second kappa shape index (κ2) is 9.52. The van der Waals surface area contributed by atoms with E-state index in [1.807, 2.05) is 0 Å². The fraction of sp³-hybridized carbons (Fsp3) is 0.261. The molecule has 0 radical (unpaired) electrons. The molecule has 3 aromatic rings. The molecule has 1 heterocycles. The van der Waals surface area contributed by atoms with Gasteiger partial charge in [0.1, 0.15) is 17.3 Å². The van der Waals surface area contributed by atoms with E-state index >= 15 is 0 Å². The molecule has 3 rings (SSSR count). The quantitative estimate of drug-likeness (QED) is 0.375. The average Bonchev–Trinajstić information content (AvgIpc) is 2.76. The zero-order valence-electron chi connectivity index (χ0n) is 17.7. The molecule has 9 heteroatoms. The van der Waals surface area contributed by atoms with Gasteiger partial charge in [0.15, 0.2) is 0 Å². The molecular weight excluding hydrogens is 441 g/mol. The molecule has 168 valence electrons. The molecule has 1 aromatic heterocycles. The number of ether oxygens (including phenoxy) is 2. The third kappa shape index (κ3) is 4.99. The van der Waals surface area contributed by atoms with Gasteiger partial charge in [-0.25, -0.2) is 4.98 Å². The minimum atomic E-state index is -4.60. The number of fused-ring (bicyclic) bond motifs is 1. The van der Waals surface area contributed by atoms with Gasteiger partial charge in [-0.2, -0.15) is 13.2 Å². The van der Waals surface area contributed by atoms with Crippen LogP contribution in [-0.2, 0) is 15.7 Å². The maximum Gasteiger partial charge on any atom is 0.418 e. The summed E-state index contributed by atoms with van der Waals surface area (Å²) in [6.45, 7) is 1.77. The second-order valence-electron chi connectivity index (χ2n) is 6.95. The van der Waals surface area contributed by atoms with Gasteiger partial charge in [0, 0.05) is 23.6 Å². The van der Waals surface area contributed by atoms with Crippen LogP contribution >= 0.6 is 12.2 Å². The van der Waals surface area contributed by atoms with Gasteiger partial charge in [-0.15, -0.1) is 0 Å². The van der Waals surface area contributed by atoms with Crippen LogP contribution in [0.25, 0.3) is 22.2 Å². The molecular formula is C23H21F3N2O3S. The lowest BCUT2D eigenvalue weighted by Gasteiger charge is -2.21. The number of hydrogen-bond acceptors (Lipinski definition) is 5. The summed E-state index contributed by atoms with van der Waals surface area (Å²) >= 11 is 5.55. The van der Waals surface area contributed by atoms with Crippen molar-refractivity contribution >= 4 is 34.1 Å². The second-order valence-corrected chi connectivity index (χ2v) is 7.34. The van der Waals surface area contributed by atoms with Crippen molar-refractivity contribution in [2.45, 2.75) is 13.1 Å². The van der Waals surface area contributed by atoms with Crippen LogP contribution in [0.5, 0.6) is 5.75 Å². The van der Waals surface area contributed by atoms with E-state index in [9.17, 15) is 18.0 Å². The lowest BCUT2D eigenvalue weighted by Crippen LogP contribution is -2.32. The highest BCUT2D eigenvalue weighted by Gasteiger charge is 2.34. The Labute approximate surface area is 188 Å². The van der Waals surface area contributed by atoms with Gasteiger partial charge in [0.05, 0.1) is 30.5 Å². The third-order valence-corrected chi connectivity index (χ3v) is 5.31. The van der Waals surface area contributed by atoms with Gasteiger partial charge in [0.25, 0.3) is 0 Å². The van der Waals surface area contributed by atoms with Crippen molar-refractivity contribution in [3.8, 4) is 17.0 Å². The van der Waals surface area contributed by atoms with Crippen LogP contribution in [0.3, 0.4) is 0 Å². The normalized spacial score (nSPS) is 11.3. The number of methoxy groups -OCH3 is 1. The number of rotatable bonds is 6. The van der Waals surface area contributed by atoms with Crippen molar-refractivity contribution in [3.05, 3.63) is 59.7 Å². The maximum atomic E-state index is 13.7. The number of halogens is 3. The molecule has 0 fully saturated rings. The van der Waals surface area contributed by atoms with Gasteiger partial charge in [-0.05, 0) is 43.3 Å². The number of pyridine rings is 1. The molecule has 0 atom stereocenters. The Morgan fingerprint density at radius 3 is 2.44 bits per heavy atom. The Bertz CT molecular complexity index is 1150. The fourth-order valence-electron chi connectivity index (χ4n) is 3.24. The van der Waals surface area contributed by atoms with Crippen LogP contribution in [0, 0.1) is 0 Å². The number of nitrogens with zero attached hydrogens (tertiary/aromatic N) is 2. The van der Waals surface area contributed by atoms with Crippen LogP contribution in [0.1, 0.15) is 18.1 Å². The standard InChI is InChI=1S/C23H21F3N2O3S/c1-4-31-20(29)13-28(2)22(32)17-12-19(14-8-10-15(30-3)11-9-14)27-21-16(17)6-5-7-18(21)23(24,25)26/h5-12H,4,13H2,1-3H3. The molecule has 0 N–H and O–H groups in total. The first kappa shape index (κ1) is 23.5. The van der Waals surface area contributed by atoms with E-state index in [-0.39, 0.29) is 29.0 Å². The zero-order valence-corrected chi connectivity index (χ0v) is 18.5. The molecule has 0 aliphatic heterocycles. The first-order chi connectivity index (χ1) is 15.2. The molecule has 5 nitrogen and oxygen atoms in total. The van der Waals surface area contributed by atoms with Crippen molar-refractivity contribution in [2.75, 3.05) is 27.3 Å². The zero-order chi connectivity index (χ0) is 23.5. The molecule has 0 unspecified atom stereocenters. The number of hydrogen-bond donors (Lipinski definition) is 0. The van der Waals surface area contributed by atoms with Crippen LogP contribution in [0.4, 0.5) is 13.2 Å². The number of para-hydroxylation sites is 1. The lowest BCUT2D eigenvalue weighted by molar-refractivity contribution is -0.143. The molecule has 32 heavy (non-hydrogen) atoms.